The van der Waals surface area contributed by atoms with Crippen molar-refractivity contribution < 1.29 is 23.0 Å². The van der Waals surface area contributed by atoms with Gasteiger partial charge in [0.2, 0.25) is 0 Å². The number of aryl methyl sites for hydroxylation is 1. The molecule has 9 heteroatoms. The zero-order chi connectivity index (χ0) is 24.3. The Kier molecular flexibility index (Phi) is 6.86. The van der Waals surface area contributed by atoms with Gasteiger partial charge in [-0.05, 0) is 50.8 Å². The Hall–Kier alpha value is -3.67. The van der Waals surface area contributed by atoms with Crippen LogP contribution in [0, 0.1) is 23.7 Å². The maximum Gasteiger partial charge on any atom is 0.387 e. The van der Waals surface area contributed by atoms with Gasteiger partial charge in [-0.2, -0.15) is 14.0 Å². The second-order valence-corrected chi connectivity index (χ2v) is 8.38. The molecule has 0 saturated heterocycles. The first-order chi connectivity index (χ1) is 15.6. The van der Waals surface area contributed by atoms with Gasteiger partial charge in [-0.15, -0.1) is 0 Å². The molecule has 0 spiro atoms. The molecule has 1 fully saturated rings. The highest BCUT2D eigenvalue weighted by Gasteiger charge is 2.29. The average molecular weight is 456 g/mol. The summed E-state index contributed by atoms with van der Waals surface area (Å²) < 4.78 is 36.4. The number of anilines is 2. The van der Waals surface area contributed by atoms with Crippen molar-refractivity contribution in [3.8, 4) is 17.6 Å². The van der Waals surface area contributed by atoms with Gasteiger partial charge in [0.1, 0.15) is 17.1 Å². The van der Waals surface area contributed by atoms with Crippen molar-refractivity contribution in [2.45, 2.75) is 51.7 Å². The number of carbonyl (C=O) groups is 1. The first kappa shape index (κ1) is 24.0. The summed E-state index contributed by atoms with van der Waals surface area (Å²) in [6.07, 6.45) is 2.69. The number of hydrogen-bond donors (Lipinski definition) is 2. The molecular weight excluding hydrogens is 430 g/mol. The molecule has 0 atom stereocenters. The summed E-state index contributed by atoms with van der Waals surface area (Å²) in [4.78, 5) is 14.2. The summed E-state index contributed by atoms with van der Waals surface area (Å²) >= 11 is 0. The molecule has 1 aliphatic rings. The van der Waals surface area contributed by atoms with Crippen molar-refractivity contribution >= 4 is 23.6 Å². The first-order valence-electron chi connectivity index (χ1n) is 10.4. The topological polar surface area (TPSA) is 98.4 Å². The van der Waals surface area contributed by atoms with Crippen LogP contribution in [0.25, 0.3) is 0 Å². The van der Waals surface area contributed by atoms with Crippen molar-refractivity contribution in [2.24, 2.45) is 0 Å². The normalized spacial score (nSPS) is 13.3. The van der Waals surface area contributed by atoms with Crippen molar-refractivity contribution in [3.63, 3.8) is 0 Å². The summed E-state index contributed by atoms with van der Waals surface area (Å²) in [7, 11) is 1.33. The highest BCUT2D eigenvalue weighted by molar-refractivity contribution is 6.02. The van der Waals surface area contributed by atoms with Gasteiger partial charge in [0.25, 0.3) is 5.91 Å². The van der Waals surface area contributed by atoms with E-state index in [1.54, 1.807) is 26.0 Å². The number of hydrogen-bond acceptors (Lipinski definition) is 5. The minimum atomic E-state index is -3.15. The zero-order valence-corrected chi connectivity index (χ0v) is 18.9. The van der Waals surface area contributed by atoms with Crippen LogP contribution in [0.2, 0.25) is 0 Å². The summed E-state index contributed by atoms with van der Waals surface area (Å²) in [5.41, 5.74) is 1.66. The van der Waals surface area contributed by atoms with Crippen molar-refractivity contribution in [3.05, 3.63) is 47.0 Å². The third-order valence-corrected chi connectivity index (χ3v) is 5.49. The number of halogens is 2. The summed E-state index contributed by atoms with van der Waals surface area (Å²) in [5.74, 6) is -0.852. The van der Waals surface area contributed by atoms with E-state index in [4.69, 9.17) is 10.1 Å². The number of rotatable bonds is 9. The van der Waals surface area contributed by atoms with Crippen LogP contribution < -0.4 is 19.7 Å². The quantitative estimate of drug-likeness (QED) is 0.407. The van der Waals surface area contributed by atoms with E-state index in [-0.39, 0.29) is 23.1 Å². The van der Waals surface area contributed by atoms with Crippen molar-refractivity contribution in [2.75, 3.05) is 12.0 Å². The lowest BCUT2D eigenvalue weighted by Crippen LogP contribution is -2.27. The second-order valence-electron chi connectivity index (χ2n) is 8.38. The Morgan fingerprint density at radius 2 is 1.97 bits per heavy atom. The molecule has 7 nitrogen and oxygen atoms in total. The SMILES string of the molecule is COc1cc(N(C=N)c2ccc(C(C)(C)C#N)cc2C)cc(OC(F)F)c1C(=O)NC1CC1. The lowest BCUT2D eigenvalue weighted by molar-refractivity contribution is -0.0502. The minimum Gasteiger partial charge on any atom is -0.496 e. The van der Waals surface area contributed by atoms with Crippen LogP contribution in [0.3, 0.4) is 0 Å². The molecule has 0 aliphatic heterocycles. The zero-order valence-electron chi connectivity index (χ0n) is 18.9. The Balaban J connectivity index is 2.09. The molecule has 1 amide bonds. The molecule has 0 aromatic heterocycles. The monoisotopic (exact) mass is 456 g/mol. The lowest BCUT2D eigenvalue weighted by Gasteiger charge is -2.25. The number of methoxy groups -OCH3 is 1. The molecule has 2 aromatic carbocycles. The molecular formula is C24H26F2N4O3. The summed E-state index contributed by atoms with van der Waals surface area (Å²) in [6.45, 7) is 2.29. The predicted molar refractivity (Wildman–Crippen MR) is 121 cm³/mol. The van der Waals surface area contributed by atoms with Gasteiger partial charge in [-0.1, -0.05) is 12.1 Å². The first-order valence-corrected chi connectivity index (χ1v) is 10.4. The second kappa shape index (κ2) is 9.45. The third-order valence-electron chi connectivity index (χ3n) is 5.49. The van der Waals surface area contributed by atoms with E-state index in [2.05, 4.69) is 16.1 Å². The Morgan fingerprint density at radius 3 is 2.48 bits per heavy atom. The molecule has 2 N–H and O–H groups in total. The maximum absolute atomic E-state index is 13.2. The third kappa shape index (κ3) is 5.22. The van der Waals surface area contributed by atoms with E-state index in [1.807, 2.05) is 13.0 Å². The number of carbonyl (C=O) groups excluding carboxylic acids is 1. The van der Waals surface area contributed by atoms with Gasteiger partial charge in [0, 0.05) is 23.9 Å². The number of ether oxygens (including phenoxy) is 2. The van der Waals surface area contributed by atoms with Crippen LogP contribution in [0.5, 0.6) is 11.5 Å². The summed E-state index contributed by atoms with van der Waals surface area (Å²) in [6, 6.07) is 10.4. The fourth-order valence-electron chi connectivity index (χ4n) is 3.44. The van der Waals surface area contributed by atoms with Crippen LogP contribution in [0.15, 0.2) is 30.3 Å². The molecule has 3 rings (SSSR count). The fourth-order valence-corrected chi connectivity index (χ4v) is 3.44. The molecule has 0 unspecified atom stereocenters. The average Bonchev–Trinajstić information content (AvgIpc) is 3.58. The van der Waals surface area contributed by atoms with Crippen LogP contribution in [0.4, 0.5) is 20.2 Å². The Bertz CT molecular complexity index is 1110. The fraction of sp³-hybridized carbons (Fsp3) is 0.375. The molecule has 0 radical (unpaired) electrons. The largest absolute Gasteiger partial charge is 0.496 e. The Morgan fingerprint density at radius 1 is 1.30 bits per heavy atom. The Labute approximate surface area is 191 Å². The number of nitriles is 1. The number of alkyl halides is 2. The van der Waals surface area contributed by atoms with E-state index >= 15 is 0 Å². The van der Waals surface area contributed by atoms with E-state index in [1.165, 1.54) is 24.1 Å². The number of nitrogens with one attached hydrogen (secondary N) is 2. The van der Waals surface area contributed by atoms with Gasteiger partial charge in [-0.3, -0.25) is 10.2 Å². The van der Waals surface area contributed by atoms with Crippen LogP contribution in [-0.2, 0) is 5.41 Å². The molecule has 174 valence electrons. The molecule has 1 saturated carbocycles. The highest BCUT2D eigenvalue weighted by Crippen LogP contribution is 2.39. The van der Waals surface area contributed by atoms with Gasteiger partial charge in [0.15, 0.2) is 0 Å². The van der Waals surface area contributed by atoms with E-state index in [9.17, 15) is 18.8 Å². The molecule has 33 heavy (non-hydrogen) atoms. The summed E-state index contributed by atoms with van der Waals surface area (Å²) in [5, 5.41) is 20.1. The van der Waals surface area contributed by atoms with Crippen LogP contribution in [0.1, 0.15) is 48.2 Å². The molecule has 2 aromatic rings. The van der Waals surface area contributed by atoms with Gasteiger partial charge in [-0.25, -0.2) is 0 Å². The van der Waals surface area contributed by atoms with E-state index in [0.717, 1.165) is 30.3 Å². The minimum absolute atomic E-state index is 0.0122. The van der Waals surface area contributed by atoms with E-state index < -0.39 is 17.9 Å². The lowest BCUT2D eigenvalue weighted by atomic mass is 9.85. The predicted octanol–water partition coefficient (Wildman–Crippen LogP) is 5.04. The van der Waals surface area contributed by atoms with Gasteiger partial charge >= 0.3 is 6.61 Å². The molecule has 0 bridgehead atoms. The van der Waals surface area contributed by atoms with Crippen molar-refractivity contribution in [1.29, 1.82) is 10.7 Å². The van der Waals surface area contributed by atoms with E-state index in [0.29, 0.717) is 11.4 Å². The van der Waals surface area contributed by atoms with Gasteiger partial charge in [0.05, 0.1) is 30.6 Å². The van der Waals surface area contributed by atoms with Crippen LogP contribution in [-0.4, -0.2) is 32.0 Å². The highest BCUT2D eigenvalue weighted by atomic mass is 19.3. The van der Waals surface area contributed by atoms with Crippen molar-refractivity contribution in [1.82, 2.24) is 5.32 Å². The smallest absolute Gasteiger partial charge is 0.387 e. The van der Waals surface area contributed by atoms with Crippen LogP contribution >= 0.6 is 0 Å². The van der Waals surface area contributed by atoms with Gasteiger partial charge < -0.3 is 19.7 Å². The molecule has 0 heterocycles. The molecule has 1 aliphatic carbocycles. The number of nitrogens with zero attached hydrogens (tertiary/aromatic N) is 2. The maximum atomic E-state index is 13.2. The standard InChI is InChI=1S/C24H26F2N4O3/c1-14-9-15(24(2,3)12-27)5-8-18(14)30(13-28)17-10-19(32-4)21(20(11-17)33-23(25)26)22(31)29-16-6-7-16/h5,8-11,13,16,23,28H,6-7H2,1-4H3,(H,29,31). The number of benzene rings is 2. The number of amides is 1.